The number of pyridine rings is 1. The molecule has 0 unspecified atom stereocenters. The summed E-state index contributed by atoms with van der Waals surface area (Å²) in [5.74, 6) is 2.42. The first-order valence-corrected chi connectivity index (χ1v) is 17.7. The van der Waals surface area contributed by atoms with Gasteiger partial charge in [-0.1, -0.05) is 81.4 Å². The fourth-order valence-corrected chi connectivity index (χ4v) is 7.69. The van der Waals surface area contributed by atoms with Crippen molar-refractivity contribution < 1.29 is 9.15 Å². The van der Waals surface area contributed by atoms with Gasteiger partial charge in [-0.2, -0.15) is 0 Å². The molecular formula is C46H36N4O2. The molecule has 0 radical (unpaired) electrons. The van der Waals surface area contributed by atoms with Crippen LogP contribution in [0.5, 0.6) is 11.5 Å². The van der Waals surface area contributed by atoms with Crippen molar-refractivity contribution in [3.05, 3.63) is 157 Å². The van der Waals surface area contributed by atoms with Gasteiger partial charge in [-0.25, -0.2) is 4.98 Å². The number of nitrogens with zero attached hydrogens (tertiary/aromatic N) is 4. The van der Waals surface area contributed by atoms with Gasteiger partial charge in [0.05, 0.1) is 16.7 Å². The van der Waals surface area contributed by atoms with Crippen molar-refractivity contribution in [2.75, 3.05) is 16.5 Å². The Bertz CT molecular complexity index is 2810. The van der Waals surface area contributed by atoms with Crippen LogP contribution < -0.4 is 14.5 Å². The molecule has 252 valence electrons. The Labute approximate surface area is 301 Å². The third kappa shape index (κ3) is 4.83. The Balaban J connectivity index is 1.05. The third-order valence-electron chi connectivity index (χ3n) is 10.3. The SMILES string of the molecule is CC(C)(C)c1ccnc(-n2c3ccccc3c3ccc(Oc4cccc(N5CN(c6ccccc6)c6c5ccc5c6oc6ccccc65)c4)cc32)c1. The van der Waals surface area contributed by atoms with Crippen LogP contribution in [0.3, 0.4) is 0 Å². The van der Waals surface area contributed by atoms with Crippen LogP contribution in [0, 0.1) is 0 Å². The molecule has 1 aliphatic rings. The lowest BCUT2D eigenvalue weighted by atomic mass is 9.88. The summed E-state index contributed by atoms with van der Waals surface area (Å²) in [5, 5.41) is 4.58. The van der Waals surface area contributed by atoms with Crippen molar-refractivity contribution in [2.24, 2.45) is 0 Å². The van der Waals surface area contributed by atoms with E-state index in [0.717, 1.165) is 78.4 Å². The van der Waals surface area contributed by atoms with Crippen LogP contribution in [0.25, 0.3) is 49.6 Å². The Kier molecular flexibility index (Phi) is 6.70. The maximum atomic E-state index is 6.67. The van der Waals surface area contributed by atoms with Gasteiger partial charge in [0.15, 0.2) is 5.58 Å². The molecule has 0 atom stereocenters. The first-order valence-electron chi connectivity index (χ1n) is 17.7. The predicted octanol–water partition coefficient (Wildman–Crippen LogP) is 12.4. The summed E-state index contributed by atoms with van der Waals surface area (Å²) in [7, 11) is 0. The van der Waals surface area contributed by atoms with Crippen molar-refractivity contribution in [2.45, 2.75) is 26.2 Å². The van der Waals surface area contributed by atoms with Gasteiger partial charge in [-0.3, -0.25) is 4.57 Å². The van der Waals surface area contributed by atoms with Gasteiger partial charge in [-0.05, 0) is 83.8 Å². The summed E-state index contributed by atoms with van der Waals surface area (Å²) in [5.41, 5.74) is 9.48. The monoisotopic (exact) mass is 676 g/mol. The van der Waals surface area contributed by atoms with Crippen molar-refractivity contribution >= 4 is 66.5 Å². The first-order chi connectivity index (χ1) is 25.4. The molecule has 6 heteroatoms. The van der Waals surface area contributed by atoms with E-state index in [-0.39, 0.29) is 5.41 Å². The Morgan fingerprint density at radius 3 is 2.19 bits per heavy atom. The second-order valence-corrected chi connectivity index (χ2v) is 14.5. The number of aromatic nitrogens is 2. The zero-order valence-electron chi connectivity index (χ0n) is 29.2. The van der Waals surface area contributed by atoms with Crippen LogP contribution in [0.2, 0.25) is 0 Å². The second kappa shape index (κ2) is 11.5. The number of hydrogen-bond donors (Lipinski definition) is 0. The molecule has 10 rings (SSSR count). The number of ether oxygens (including phenoxy) is 1. The minimum atomic E-state index is 0.00177. The van der Waals surface area contributed by atoms with E-state index in [9.17, 15) is 0 Å². The van der Waals surface area contributed by atoms with E-state index in [1.54, 1.807) is 0 Å². The maximum absolute atomic E-state index is 6.67. The largest absolute Gasteiger partial charge is 0.457 e. The number of benzene rings is 6. The number of fused-ring (bicyclic) bond motifs is 8. The second-order valence-electron chi connectivity index (χ2n) is 14.5. The fourth-order valence-electron chi connectivity index (χ4n) is 7.69. The normalized spacial score (nSPS) is 13.1. The third-order valence-corrected chi connectivity index (χ3v) is 10.3. The highest BCUT2D eigenvalue weighted by Crippen LogP contribution is 2.50. The summed E-state index contributed by atoms with van der Waals surface area (Å²) < 4.78 is 15.5. The Morgan fingerprint density at radius 2 is 1.33 bits per heavy atom. The summed E-state index contributed by atoms with van der Waals surface area (Å²) >= 11 is 0. The molecule has 6 aromatic carbocycles. The molecule has 3 aromatic heterocycles. The number of para-hydroxylation sites is 3. The molecule has 0 saturated carbocycles. The van der Waals surface area contributed by atoms with Gasteiger partial charge in [-0.15, -0.1) is 0 Å². The lowest BCUT2D eigenvalue weighted by molar-refractivity contribution is 0.483. The van der Waals surface area contributed by atoms with Crippen LogP contribution in [-0.4, -0.2) is 16.2 Å². The zero-order chi connectivity index (χ0) is 35.0. The topological polar surface area (TPSA) is 46.7 Å². The fraction of sp³-hybridized carbons (Fsp3) is 0.109. The molecule has 0 aliphatic carbocycles. The van der Waals surface area contributed by atoms with E-state index in [0.29, 0.717) is 6.67 Å². The molecule has 0 N–H and O–H groups in total. The highest BCUT2D eigenvalue weighted by Gasteiger charge is 2.32. The van der Waals surface area contributed by atoms with Crippen molar-refractivity contribution in [3.8, 4) is 17.3 Å². The molecule has 0 saturated heterocycles. The predicted molar refractivity (Wildman–Crippen MR) is 213 cm³/mol. The standard InChI is InChI=1S/C46H36N4O2/c1-46(2,3)30-24-25-47-43(26-30)50-39-18-9-7-16-35(39)36-21-20-34(28-41(36)50)51-33-15-11-14-32(27-33)48-29-49(31-12-5-4-6-13-31)44-40(48)23-22-38-37-17-8-10-19-42(37)52-45(38)44/h4-28H,29H2,1-3H3. The number of hydrogen-bond acceptors (Lipinski definition) is 5. The quantitative estimate of drug-likeness (QED) is 0.182. The van der Waals surface area contributed by atoms with E-state index in [4.69, 9.17) is 14.1 Å². The van der Waals surface area contributed by atoms with Crippen LogP contribution >= 0.6 is 0 Å². The van der Waals surface area contributed by atoms with E-state index in [1.165, 1.54) is 10.9 Å². The minimum Gasteiger partial charge on any atom is -0.457 e. The van der Waals surface area contributed by atoms with Crippen LogP contribution in [0.1, 0.15) is 26.3 Å². The Morgan fingerprint density at radius 1 is 0.596 bits per heavy atom. The summed E-state index contributed by atoms with van der Waals surface area (Å²) in [6.07, 6.45) is 1.91. The van der Waals surface area contributed by atoms with Crippen molar-refractivity contribution in [1.29, 1.82) is 0 Å². The maximum Gasteiger partial charge on any atom is 0.161 e. The van der Waals surface area contributed by atoms with E-state index >= 15 is 0 Å². The van der Waals surface area contributed by atoms with Crippen molar-refractivity contribution in [1.82, 2.24) is 9.55 Å². The van der Waals surface area contributed by atoms with E-state index < -0.39 is 0 Å². The first kappa shape index (κ1) is 30.3. The van der Waals surface area contributed by atoms with Crippen LogP contribution in [0.15, 0.2) is 156 Å². The van der Waals surface area contributed by atoms with Gasteiger partial charge in [0.1, 0.15) is 35.3 Å². The van der Waals surface area contributed by atoms with Gasteiger partial charge in [0.25, 0.3) is 0 Å². The average molecular weight is 677 g/mol. The molecule has 9 aromatic rings. The van der Waals surface area contributed by atoms with Gasteiger partial charge in [0.2, 0.25) is 0 Å². The Hall–Kier alpha value is -6.53. The van der Waals surface area contributed by atoms with E-state index in [2.05, 4.69) is 163 Å². The molecule has 0 amide bonds. The molecular weight excluding hydrogens is 641 g/mol. The van der Waals surface area contributed by atoms with Crippen LogP contribution in [-0.2, 0) is 5.41 Å². The summed E-state index contributed by atoms with van der Waals surface area (Å²) in [6.45, 7) is 7.33. The molecule has 0 bridgehead atoms. The molecule has 52 heavy (non-hydrogen) atoms. The van der Waals surface area contributed by atoms with Gasteiger partial charge < -0.3 is 19.0 Å². The number of furan rings is 1. The van der Waals surface area contributed by atoms with Gasteiger partial charge in [0, 0.05) is 51.2 Å². The minimum absolute atomic E-state index is 0.00177. The highest BCUT2D eigenvalue weighted by atomic mass is 16.5. The zero-order valence-corrected chi connectivity index (χ0v) is 29.2. The van der Waals surface area contributed by atoms with Crippen LogP contribution in [0.4, 0.5) is 22.7 Å². The smallest absolute Gasteiger partial charge is 0.161 e. The molecule has 0 spiro atoms. The number of rotatable bonds is 5. The average Bonchev–Trinajstić information content (AvgIpc) is 3.85. The molecule has 1 aliphatic heterocycles. The van der Waals surface area contributed by atoms with Gasteiger partial charge >= 0.3 is 0 Å². The van der Waals surface area contributed by atoms with Crippen molar-refractivity contribution in [3.63, 3.8) is 0 Å². The molecule has 6 nitrogen and oxygen atoms in total. The summed E-state index contributed by atoms with van der Waals surface area (Å²) in [6, 6.07) is 50.7. The van der Waals surface area contributed by atoms with E-state index in [1.807, 2.05) is 24.4 Å². The number of anilines is 4. The molecule has 4 heterocycles. The highest BCUT2D eigenvalue weighted by molar-refractivity contribution is 6.14. The lowest BCUT2D eigenvalue weighted by Gasteiger charge is -2.22. The summed E-state index contributed by atoms with van der Waals surface area (Å²) in [4.78, 5) is 9.51. The molecule has 0 fully saturated rings. The lowest BCUT2D eigenvalue weighted by Crippen LogP contribution is -2.23.